The highest BCUT2D eigenvalue weighted by Gasteiger charge is 2.43. The lowest BCUT2D eigenvalue weighted by atomic mass is 9.66. The third-order valence-electron chi connectivity index (χ3n) is 7.46. The molecule has 2 atom stereocenters. The highest BCUT2D eigenvalue weighted by atomic mass is 16.5. The smallest absolute Gasteiger partial charge is 0.318 e. The van der Waals surface area contributed by atoms with Gasteiger partial charge >= 0.3 is 6.01 Å². The van der Waals surface area contributed by atoms with Gasteiger partial charge in [-0.15, -0.1) is 0 Å². The van der Waals surface area contributed by atoms with Gasteiger partial charge in [-0.25, -0.2) is 0 Å². The first-order valence-electron chi connectivity index (χ1n) is 11.8. The highest BCUT2D eigenvalue weighted by Crippen LogP contribution is 2.48. The van der Waals surface area contributed by atoms with E-state index in [0.29, 0.717) is 32.3 Å². The minimum atomic E-state index is -0.210. The average molecular weight is 460 g/mol. The first kappa shape index (κ1) is 22.2. The van der Waals surface area contributed by atoms with Crippen LogP contribution >= 0.6 is 0 Å². The standard InChI is InChI=1S/C26H29N5O3/c1-3-23(32)31-14-13-30(17-18(31)9-12-27)24-19-8-10-26(16-21(19)28-25(29-24)33-2)11-15-34-22-7-5-4-6-20(22)26/h3-7,18H,1,8-11,13-17H2,2H3. The van der Waals surface area contributed by atoms with Crippen molar-refractivity contribution < 1.29 is 14.3 Å². The maximum absolute atomic E-state index is 12.3. The third-order valence-corrected chi connectivity index (χ3v) is 7.46. The Kier molecular flexibility index (Phi) is 5.86. The number of ether oxygens (including phenoxy) is 2. The number of hydrogen-bond acceptors (Lipinski definition) is 7. The number of fused-ring (bicyclic) bond motifs is 3. The van der Waals surface area contributed by atoms with E-state index < -0.39 is 0 Å². The van der Waals surface area contributed by atoms with Gasteiger partial charge in [0.25, 0.3) is 0 Å². The van der Waals surface area contributed by atoms with E-state index in [1.807, 2.05) is 6.07 Å². The van der Waals surface area contributed by atoms with Crippen LogP contribution in [0, 0.1) is 11.3 Å². The molecular weight excluding hydrogens is 430 g/mol. The molecule has 3 aliphatic rings. The Morgan fingerprint density at radius 3 is 3.00 bits per heavy atom. The van der Waals surface area contributed by atoms with Crippen LogP contribution in [0.15, 0.2) is 36.9 Å². The van der Waals surface area contributed by atoms with Gasteiger partial charge in [-0.3, -0.25) is 4.79 Å². The van der Waals surface area contributed by atoms with Gasteiger partial charge in [-0.1, -0.05) is 24.8 Å². The molecule has 1 fully saturated rings. The zero-order valence-electron chi connectivity index (χ0n) is 19.5. The number of rotatable bonds is 4. The second kappa shape index (κ2) is 8.98. The van der Waals surface area contributed by atoms with Gasteiger partial charge in [-0.2, -0.15) is 15.2 Å². The number of hydrogen-bond donors (Lipinski definition) is 0. The van der Waals surface area contributed by atoms with Gasteiger partial charge < -0.3 is 19.3 Å². The van der Waals surface area contributed by atoms with Crippen LogP contribution in [0.3, 0.4) is 0 Å². The summed E-state index contributed by atoms with van der Waals surface area (Å²) >= 11 is 0. The number of anilines is 1. The van der Waals surface area contributed by atoms with Gasteiger partial charge in [0, 0.05) is 42.6 Å². The van der Waals surface area contributed by atoms with E-state index in [-0.39, 0.29) is 23.8 Å². The van der Waals surface area contributed by atoms with Crippen LogP contribution in [-0.2, 0) is 23.1 Å². The molecule has 2 aliphatic heterocycles. The molecule has 1 amide bonds. The molecule has 1 aromatic heterocycles. The number of para-hydroxylation sites is 1. The molecule has 0 radical (unpaired) electrons. The number of aromatic nitrogens is 2. The molecule has 8 heteroatoms. The van der Waals surface area contributed by atoms with E-state index in [2.05, 4.69) is 35.7 Å². The van der Waals surface area contributed by atoms with Crippen molar-refractivity contribution >= 4 is 11.7 Å². The molecule has 8 nitrogen and oxygen atoms in total. The maximum atomic E-state index is 12.3. The van der Waals surface area contributed by atoms with Crippen LogP contribution in [0.25, 0.3) is 0 Å². The quantitative estimate of drug-likeness (QED) is 0.649. The maximum Gasteiger partial charge on any atom is 0.318 e. The Labute approximate surface area is 199 Å². The minimum absolute atomic E-state index is 0.00308. The summed E-state index contributed by atoms with van der Waals surface area (Å²) in [7, 11) is 1.59. The molecule has 5 rings (SSSR count). The molecule has 0 N–H and O–H groups in total. The molecule has 0 saturated carbocycles. The number of benzene rings is 1. The summed E-state index contributed by atoms with van der Waals surface area (Å²) in [4.78, 5) is 25.8. The molecule has 1 aliphatic carbocycles. The topological polar surface area (TPSA) is 91.6 Å². The van der Waals surface area contributed by atoms with E-state index in [1.54, 1.807) is 12.0 Å². The normalized spacial score (nSPS) is 23.4. The number of carbonyl (C=O) groups is 1. The molecule has 2 unspecified atom stereocenters. The summed E-state index contributed by atoms with van der Waals surface area (Å²) in [5.74, 6) is 1.70. The van der Waals surface area contributed by atoms with Crippen molar-refractivity contribution in [3.8, 4) is 17.8 Å². The van der Waals surface area contributed by atoms with Crippen LogP contribution in [0.2, 0.25) is 0 Å². The van der Waals surface area contributed by atoms with E-state index >= 15 is 0 Å². The van der Waals surface area contributed by atoms with Crippen molar-refractivity contribution in [2.24, 2.45) is 0 Å². The zero-order chi connectivity index (χ0) is 23.7. The van der Waals surface area contributed by atoms with Crippen LogP contribution in [0.4, 0.5) is 5.82 Å². The first-order chi connectivity index (χ1) is 16.6. The van der Waals surface area contributed by atoms with Crippen LogP contribution in [0.5, 0.6) is 11.8 Å². The van der Waals surface area contributed by atoms with Crippen LogP contribution in [-0.4, -0.2) is 60.2 Å². The third kappa shape index (κ3) is 3.75. The SMILES string of the molecule is C=CC(=O)N1CCN(c2nc(OC)nc3c2CCC2(CCOc4ccccc42)C3)CC1CC#N. The lowest BCUT2D eigenvalue weighted by Gasteiger charge is -2.44. The van der Waals surface area contributed by atoms with Crippen molar-refractivity contribution in [3.63, 3.8) is 0 Å². The molecular formula is C26H29N5O3. The van der Waals surface area contributed by atoms with Gasteiger partial charge in [-0.05, 0) is 31.4 Å². The predicted molar refractivity (Wildman–Crippen MR) is 127 cm³/mol. The summed E-state index contributed by atoms with van der Waals surface area (Å²) in [6.07, 6.45) is 5.21. The summed E-state index contributed by atoms with van der Waals surface area (Å²) in [5.41, 5.74) is 3.43. The summed E-state index contributed by atoms with van der Waals surface area (Å²) in [5, 5.41) is 9.35. The van der Waals surface area contributed by atoms with E-state index in [4.69, 9.17) is 19.4 Å². The Balaban J connectivity index is 1.49. The monoisotopic (exact) mass is 459 g/mol. The lowest BCUT2D eigenvalue weighted by Crippen LogP contribution is -2.55. The molecule has 3 heterocycles. The zero-order valence-corrected chi connectivity index (χ0v) is 19.5. The second-order valence-corrected chi connectivity index (χ2v) is 9.21. The van der Waals surface area contributed by atoms with E-state index in [9.17, 15) is 10.1 Å². The second-order valence-electron chi connectivity index (χ2n) is 9.21. The molecule has 176 valence electrons. The largest absolute Gasteiger partial charge is 0.493 e. The van der Waals surface area contributed by atoms with Crippen LogP contribution in [0.1, 0.15) is 36.1 Å². The molecule has 1 aromatic carbocycles. The fourth-order valence-corrected chi connectivity index (χ4v) is 5.72. The van der Waals surface area contributed by atoms with Crippen molar-refractivity contribution in [1.29, 1.82) is 5.26 Å². The molecule has 1 spiro atoms. The highest BCUT2D eigenvalue weighted by molar-refractivity contribution is 5.87. The fraction of sp³-hybridized carbons (Fsp3) is 0.462. The van der Waals surface area contributed by atoms with Crippen molar-refractivity contribution in [3.05, 3.63) is 53.7 Å². The molecule has 0 bridgehead atoms. The lowest BCUT2D eigenvalue weighted by molar-refractivity contribution is -0.128. The van der Waals surface area contributed by atoms with Crippen molar-refractivity contribution in [2.45, 2.75) is 43.6 Å². The molecule has 2 aromatic rings. The number of amides is 1. The first-order valence-corrected chi connectivity index (χ1v) is 11.8. The Hall–Kier alpha value is -3.60. The average Bonchev–Trinajstić information content (AvgIpc) is 2.88. The van der Waals surface area contributed by atoms with Gasteiger partial charge in [0.1, 0.15) is 11.6 Å². The van der Waals surface area contributed by atoms with Gasteiger partial charge in [0.15, 0.2) is 0 Å². The predicted octanol–water partition coefficient (Wildman–Crippen LogP) is 2.81. The van der Waals surface area contributed by atoms with Gasteiger partial charge in [0.2, 0.25) is 5.91 Å². The molecule has 34 heavy (non-hydrogen) atoms. The minimum Gasteiger partial charge on any atom is -0.493 e. The summed E-state index contributed by atoms with van der Waals surface area (Å²) in [6.45, 7) is 6.02. The number of piperazine rings is 1. The van der Waals surface area contributed by atoms with Crippen molar-refractivity contribution in [1.82, 2.24) is 14.9 Å². The van der Waals surface area contributed by atoms with E-state index in [0.717, 1.165) is 48.5 Å². The summed E-state index contributed by atoms with van der Waals surface area (Å²) < 4.78 is 11.4. The summed E-state index contributed by atoms with van der Waals surface area (Å²) in [6, 6.07) is 10.7. The van der Waals surface area contributed by atoms with Crippen molar-refractivity contribution in [2.75, 3.05) is 38.3 Å². The number of methoxy groups -OCH3 is 1. The Morgan fingerprint density at radius 2 is 2.21 bits per heavy atom. The number of nitriles is 1. The van der Waals surface area contributed by atoms with Gasteiger partial charge in [0.05, 0.1) is 37.9 Å². The van der Waals surface area contributed by atoms with Crippen LogP contribution < -0.4 is 14.4 Å². The fourth-order valence-electron chi connectivity index (χ4n) is 5.72. The Morgan fingerprint density at radius 1 is 1.35 bits per heavy atom. The Bertz CT molecular complexity index is 1160. The number of nitrogens with zero attached hydrogens (tertiary/aromatic N) is 5. The molecule has 1 saturated heterocycles. The number of carbonyl (C=O) groups excluding carboxylic acids is 1. The van der Waals surface area contributed by atoms with E-state index in [1.165, 1.54) is 11.6 Å².